The quantitative estimate of drug-likeness (QED) is 0.0419. The van der Waals surface area contributed by atoms with Crippen molar-refractivity contribution < 1.29 is 258 Å². The second-order valence-corrected chi connectivity index (χ2v) is 28.7. The Labute approximate surface area is 736 Å². The summed E-state index contributed by atoms with van der Waals surface area (Å²) in [7, 11) is 0. The van der Waals surface area contributed by atoms with Gasteiger partial charge in [-0.25, -0.2) is 47.9 Å². The summed E-state index contributed by atoms with van der Waals surface area (Å²) in [6.45, 7) is -3.15. The lowest BCUT2D eigenvalue weighted by molar-refractivity contribution is -0.283. The second-order valence-electron chi connectivity index (χ2n) is 28.7. The molecule has 2 fully saturated rings. The van der Waals surface area contributed by atoms with Gasteiger partial charge in [-0.3, -0.25) is 0 Å². The van der Waals surface area contributed by atoms with Crippen LogP contribution in [0.3, 0.4) is 0 Å². The van der Waals surface area contributed by atoms with E-state index in [1.54, 1.807) is 0 Å². The number of hydrogen-bond acceptors (Lipinski definition) is 52. The molecule has 52 heteroatoms. The highest BCUT2D eigenvalue weighted by atomic mass is 16.8. The van der Waals surface area contributed by atoms with Crippen LogP contribution in [-0.2, 0) is 56.8 Å². The zero-order valence-corrected chi connectivity index (χ0v) is 65.7. The SMILES string of the molecule is O=C(OC1OC2COC(=O)c3cc(O)c(O)c(O)c3-c3c(cc(O)c(O)c3O)C(=O)OC(C2OC(=O)c2cc(O)c(O)c(O)c2)C1OC(=O)c1cc(O)c(O)c(O)c1)c1cc(O)c(O)c(Oc2c(C(=O)OC3C(OC(=O)c4cc(O)c(O)c(O)c4)OC4COC(=O)c5cc(O)c(O)c(O)c5-c5c(cc(O)c(O)c5O)C(=O)OC3C4OC(=O)c3cc(O)c(O)c(O)c3)cc(O)c(O)c2O)c1. The van der Waals surface area contributed by atoms with Gasteiger partial charge in [0.25, 0.3) is 0 Å². The predicted octanol–water partition coefficient (Wildman–Crippen LogP) is 3.73. The molecule has 10 aromatic rings. The predicted molar refractivity (Wildman–Crippen MR) is 415 cm³/mol. The van der Waals surface area contributed by atoms with Gasteiger partial charge in [-0.2, -0.15) is 0 Å². The minimum absolute atomic E-state index is 0.0764. The average Bonchev–Trinajstić information content (AvgIpc) is 0.720. The summed E-state index contributed by atoms with van der Waals surface area (Å²) in [6, 6.07) is 4.76. The number of fused-ring (bicyclic) bond motifs is 10. The maximum atomic E-state index is 15.6. The lowest BCUT2D eigenvalue weighted by Gasteiger charge is -2.44. The second kappa shape index (κ2) is 34.2. The first-order chi connectivity index (χ1) is 63.0. The monoisotopic (exact) mass is 1870 g/mol. The third-order valence-corrected chi connectivity index (χ3v) is 20.4. The molecule has 0 saturated carbocycles. The summed E-state index contributed by atoms with van der Waals surface area (Å²) in [6.07, 6.45) is -28.7. The van der Waals surface area contributed by atoms with E-state index < -0.39 is 390 Å². The molecule has 4 aliphatic rings. The number of benzene rings is 10. The molecule has 4 heterocycles. The molecule has 0 aliphatic carbocycles. The van der Waals surface area contributed by atoms with Crippen LogP contribution < -0.4 is 4.74 Å². The largest absolute Gasteiger partial charge is 0.504 e. The molecule has 29 N–H and O–H groups in total. The van der Waals surface area contributed by atoms with E-state index in [0.29, 0.717) is 60.7 Å². The maximum absolute atomic E-state index is 15.6. The molecule has 10 aromatic carbocycles. The van der Waals surface area contributed by atoms with Crippen LogP contribution in [0.1, 0.15) is 104 Å². The molecule has 10 unspecified atom stereocenters. The van der Waals surface area contributed by atoms with E-state index in [2.05, 4.69) is 0 Å². The summed E-state index contributed by atoms with van der Waals surface area (Å²) in [5.74, 6) is -65.9. The topological polar surface area (TPSA) is 877 Å². The Kier molecular flexibility index (Phi) is 23.2. The van der Waals surface area contributed by atoms with Crippen molar-refractivity contribution in [3.05, 3.63) is 147 Å². The molecule has 52 nitrogen and oxygen atoms in total. The summed E-state index contributed by atoms with van der Waals surface area (Å²) in [4.78, 5) is 148. The smallest absolute Gasteiger partial charge is 0.342 e. The number of esters is 10. The zero-order valence-electron chi connectivity index (χ0n) is 65.7. The first kappa shape index (κ1) is 91.0. The fraction of sp³-hybridized carbons (Fsp3) is 0.146. The number of ether oxygens (including phenoxy) is 13. The van der Waals surface area contributed by atoms with Crippen molar-refractivity contribution in [2.24, 2.45) is 0 Å². The van der Waals surface area contributed by atoms with Crippen molar-refractivity contribution in [3.8, 4) is 200 Å². The molecule has 4 aliphatic heterocycles. The van der Waals surface area contributed by atoms with Crippen LogP contribution in [0.2, 0.25) is 0 Å². The number of rotatable bonds is 14. The summed E-state index contributed by atoms with van der Waals surface area (Å²) in [5.41, 5.74) is -17.5. The number of cyclic esters (lactones) is 2. The molecule has 4 bridgehead atoms. The van der Waals surface area contributed by atoms with Crippen LogP contribution in [0.15, 0.2) is 91.0 Å². The van der Waals surface area contributed by atoms with E-state index in [4.69, 9.17) is 61.6 Å². The third kappa shape index (κ3) is 16.2. The number of phenolic OH excluding ortho intramolecular Hbond substituents is 29. The van der Waals surface area contributed by atoms with Crippen LogP contribution in [0.5, 0.6) is 178 Å². The Balaban J connectivity index is 0.896. The minimum atomic E-state index is -3.12. The van der Waals surface area contributed by atoms with Crippen molar-refractivity contribution in [1.82, 2.24) is 0 Å². The van der Waals surface area contributed by atoms with Gasteiger partial charge in [-0.1, -0.05) is 0 Å². The molecule has 0 aromatic heterocycles. The standard InChI is InChI=1S/C82H58O52/c83-28-1-18(2-29(84)49(28)97)71(112)127-65-43-16-122-76(117)23-11-37(92)54(102)59(107)45(23)47-25(13-39(94)56(104)61(47)109)78(119)129-67(65)69(131-73(114)20-5-32(87)51(99)33(88)6-20)81(125-43)134-75(116)22-9-36(91)53(101)42(10-22)124-64-27(15-41(96)58(106)63(64)111)80(121)132-70-68-66(128-72(113)19-3-30(85)50(98)31(86)4-19)44(126-82(70)133-74(115)21-7-34(89)52(100)35(90)8-21)17-123-77(118)24-12-38(93)55(103)60(108)46(24)48-26(79(120)130-68)14-40(95)57(105)62(48)110/h1-15,43-44,65-70,81-111H,16-17H2. The van der Waals surface area contributed by atoms with Crippen LogP contribution in [0, 0.1) is 0 Å². The van der Waals surface area contributed by atoms with Crippen molar-refractivity contribution in [2.45, 2.75) is 61.4 Å². The number of carbonyl (C=O) groups is 10. The Hall–Kier alpha value is -19.2. The number of hydrogen-bond donors (Lipinski definition) is 29. The van der Waals surface area contributed by atoms with Gasteiger partial charge in [0.2, 0.25) is 65.0 Å². The van der Waals surface area contributed by atoms with Crippen LogP contribution >= 0.6 is 0 Å². The van der Waals surface area contributed by atoms with E-state index in [9.17, 15) is 177 Å². The van der Waals surface area contributed by atoms with Gasteiger partial charge in [0.05, 0.1) is 50.1 Å². The molecule has 2 saturated heterocycles. The van der Waals surface area contributed by atoms with E-state index in [1.165, 1.54) is 0 Å². The van der Waals surface area contributed by atoms with Gasteiger partial charge in [-0.05, 0) is 84.9 Å². The Morgan fingerprint density at radius 2 is 0.485 bits per heavy atom. The van der Waals surface area contributed by atoms with Crippen LogP contribution in [-0.4, -0.2) is 282 Å². The van der Waals surface area contributed by atoms with Crippen LogP contribution in [0.4, 0.5) is 0 Å². The molecule has 0 amide bonds. The maximum Gasteiger partial charge on any atom is 0.342 e. The van der Waals surface area contributed by atoms with Crippen LogP contribution in [0.25, 0.3) is 22.3 Å². The van der Waals surface area contributed by atoms with Crippen molar-refractivity contribution >= 4 is 59.7 Å². The van der Waals surface area contributed by atoms with Crippen molar-refractivity contribution in [3.63, 3.8) is 0 Å². The third-order valence-electron chi connectivity index (χ3n) is 20.4. The molecular weight excluding hydrogens is 1820 g/mol. The van der Waals surface area contributed by atoms with Crippen molar-refractivity contribution in [1.29, 1.82) is 0 Å². The van der Waals surface area contributed by atoms with E-state index in [-0.39, 0.29) is 30.3 Å². The molecular formula is C82H58O52. The summed E-state index contributed by atoms with van der Waals surface area (Å²) in [5, 5.41) is 315. The van der Waals surface area contributed by atoms with E-state index >= 15 is 19.2 Å². The van der Waals surface area contributed by atoms with E-state index in [1.807, 2.05) is 0 Å². The molecule has 0 spiro atoms. The fourth-order valence-electron chi connectivity index (χ4n) is 13.9. The normalized spacial score (nSPS) is 19.1. The molecule has 134 heavy (non-hydrogen) atoms. The average molecular weight is 1880 g/mol. The van der Waals surface area contributed by atoms with Gasteiger partial charge in [0.1, 0.15) is 31.0 Å². The number of aromatic hydroxyl groups is 29. The Bertz CT molecular complexity index is 6660. The summed E-state index contributed by atoms with van der Waals surface area (Å²) >= 11 is 0. The molecule has 698 valence electrons. The van der Waals surface area contributed by atoms with Gasteiger partial charge >= 0.3 is 59.7 Å². The first-order valence-electron chi connectivity index (χ1n) is 37.0. The minimum Gasteiger partial charge on any atom is -0.504 e. The highest BCUT2D eigenvalue weighted by Crippen LogP contribution is 2.58. The molecule has 0 radical (unpaired) electrons. The zero-order chi connectivity index (χ0) is 97.7. The molecule has 10 atom stereocenters. The Morgan fingerprint density at radius 1 is 0.246 bits per heavy atom. The highest BCUT2D eigenvalue weighted by molar-refractivity contribution is 6.11. The Morgan fingerprint density at radius 3 is 0.791 bits per heavy atom. The van der Waals surface area contributed by atoms with Gasteiger partial charge in [-0.15, -0.1) is 0 Å². The van der Waals surface area contributed by atoms with E-state index in [0.717, 1.165) is 0 Å². The van der Waals surface area contributed by atoms with Crippen molar-refractivity contribution in [2.75, 3.05) is 13.2 Å². The lowest BCUT2D eigenvalue weighted by Crippen LogP contribution is -2.63. The lowest BCUT2D eigenvalue weighted by atomic mass is 9.91. The first-order valence-corrected chi connectivity index (χ1v) is 37.0. The van der Waals surface area contributed by atoms with Gasteiger partial charge in [0, 0.05) is 28.3 Å². The molecule has 14 rings (SSSR count). The van der Waals surface area contributed by atoms with Gasteiger partial charge in [0.15, 0.2) is 162 Å². The fourth-order valence-corrected chi connectivity index (χ4v) is 13.9. The highest BCUT2D eigenvalue weighted by Gasteiger charge is 2.58. The summed E-state index contributed by atoms with van der Waals surface area (Å²) < 4.78 is 74.4. The number of carbonyl (C=O) groups excluding carboxylic acids is 10. The number of phenols is 29. The van der Waals surface area contributed by atoms with Gasteiger partial charge < -0.3 is 210 Å².